The minimum Gasteiger partial charge on any atom is -0.274 e. The number of nitrogens with zero attached hydrogens (tertiary/aromatic N) is 11. The molecule has 0 aliphatic heterocycles. The molecule has 294 valence electrons. The Hall–Kier alpha value is -9.03. The lowest BCUT2D eigenvalue weighted by Gasteiger charge is -2.15. The average molecular weight is 812 g/mol. The lowest BCUT2D eigenvalue weighted by atomic mass is 10.0. The number of aromatic nitrogens is 12. The molecule has 63 heavy (non-hydrogen) atoms. The zero-order valence-electron chi connectivity index (χ0n) is 33.2. The number of rotatable bonds is 6. The van der Waals surface area contributed by atoms with Crippen molar-refractivity contribution in [1.29, 1.82) is 0 Å². The molecule has 0 aliphatic carbocycles. The third kappa shape index (κ3) is 5.45. The van der Waals surface area contributed by atoms with Crippen molar-refractivity contribution in [1.82, 2.24) is 54.0 Å². The molecule has 0 radical (unpaired) electrons. The van der Waals surface area contributed by atoms with Gasteiger partial charge in [-0.25, -0.2) is 19.9 Å². The maximum absolute atomic E-state index is 5.35. The molecule has 0 fully saturated rings. The zero-order chi connectivity index (χ0) is 41.4. The van der Waals surface area contributed by atoms with Gasteiger partial charge in [0.05, 0.1) is 22.4 Å². The third-order valence-corrected chi connectivity index (χ3v) is 11.6. The molecular weight excluding hydrogens is 781 g/mol. The van der Waals surface area contributed by atoms with Crippen LogP contribution in [0.1, 0.15) is 0 Å². The number of para-hydroxylation sites is 3. The van der Waals surface area contributed by atoms with Crippen LogP contribution in [0.3, 0.4) is 0 Å². The number of aromatic amines is 1. The van der Waals surface area contributed by atoms with E-state index < -0.39 is 0 Å². The van der Waals surface area contributed by atoms with Gasteiger partial charge in [0.1, 0.15) is 40.1 Å². The quantitative estimate of drug-likeness (QED) is 0.164. The highest BCUT2D eigenvalue weighted by molar-refractivity contribution is 5.94. The van der Waals surface area contributed by atoms with Crippen LogP contribution in [0.15, 0.2) is 183 Å². The van der Waals surface area contributed by atoms with Crippen LogP contribution in [0, 0.1) is 0 Å². The second-order valence-corrected chi connectivity index (χ2v) is 15.3. The van der Waals surface area contributed by atoms with Gasteiger partial charge in [0.15, 0.2) is 16.8 Å². The van der Waals surface area contributed by atoms with Crippen LogP contribution in [0.2, 0.25) is 0 Å². The van der Waals surface area contributed by atoms with Crippen molar-refractivity contribution < 1.29 is 4.57 Å². The minimum absolute atomic E-state index is 0.685. The number of imidazole rings is 3. The summed E-state index contributed by atoms with van der Waals surface area (Å²) in [7, 11) is 0. The SMILES string of the molecule is c1cnc2c(-n3c(-c4cc(-c5nc6cccnc6n5-c5cccc6cccnc56)cc(-c5[nH]c6cccnc6[n+]5-c5cccc6cccnc56)c4)nc4cccnc43)cccc2c1. The molecule has 9 aromatic heterocycles. The fourth-order valence-electron chi connectivity index (χ4n) is 8.89. The van der Waals surface area contributed by atoms with E-state index in [0.29, 0.717) is 22.9 Å². The van der Waals surface area contributed by atoms with E-state index in [1.807, 2.05) is 91.5 Å². The molecule has 13 aromatic rings. The van der Waals surface area contributed by atoms with Gasteiger partial charge in [0.25, 0.3) is 0 Å². The first kappa shape index (κ1) is 34.8. The third-order valence-electron chi connectivity index (χ3n) is 11.6. The van der Waals surface area contributed by atoms with Crippen molar-refractivity contribution in [2.45, 2.75) is 0 Å². The van der Waals surface area contributed by atoms with Crippen molar-refractivity contribution in [3.8, 4) is 51.2 Å². The summed E-state index contributed by atoms with van der Waals surface area (Å²) < 4.78 is 6.39. The average Bonchev–Trinajstić information content (AvgIpc) is 4.06. The predicted octanol–water partition coefficient (Wildman–Crippen LogP) is 9.95. The van der Waals surface area contributed by atoms with E-state index in [9.17, 15) is 0 Å². The Morgan fingerprint density at radius 1 is 0.413 bits per heavy atom. The number of pyridine rings is 6. The fourth-order valence-corrected chi connectivity index (χ4v) is 8.89. The lowest BCUT2D eigenvalue weighted by molar-refractivity contribution is -0.555. The number of fused-ring (bicyclic) bond motifs is 6. The number of benzene rings is 4. The summed E-state index contributed by atoms with van der Waals surface area (Å²) in [5.41, 5.74) is 12.2. The smallest absolute Gasteiger partial charge is 0.274 e. The van der Waals surface area contributed by atoms with Gasteiger partial charge < -0.3 is 0 Å². The Morgan fingerprint density at radius 3 is 1.48 bits per heavy atom. The monoisotopic (exact) mass is 811 g/mol. The highest BCUT2D eigenvalue weighted by atomic mass is 15.2. The Labute approximate surface area is 357 Å². The maximum Gasteiger partial charge on any atom is 0.307 e. The molecule has 12 nitrogen and oxygen atoms in total. The van der Waals surface area contributed by atoms with Gasteiger partial charge >= 0.3 is 5.65 Å². The van der Waals surface area contributed by atoms with Gasteiger partial charge in [0, 0.05) is 63.8 Å². The van der Waals surface area contributed by atoms with Crippen LogP contribution in [0.4, 0.5) is 0 Å². The van der Waals surface area contributed by atoms with Crippen molar-refractivity contribution >= 4 is 66.2 Å². The summed E-state index contributed by atoms with van der Waals surface area (Å²) in [4.78, 5) is 43.9. The largest absolute Gasteiger partial charge is 0.307 e. The molecule has 0 aliphatic rings. The van der Waals surface area contributed by atoms with Gasteiger partial charge in [-0.15, -0.1) is 4.98 Å². The molecule has 12 heteroatoms. The van der Waals surface area contributed by atoms with E-state index >= 15 is 0 Å². The second kappa shape index (κ2) is 13.8. The van der Waals surface area contributed by atoms with E-state index in [1.165, 1.54) is 0 Å². The molecule has 0 bridgehead atoms. The molecule has 0 saturated heterocycles. The molecule has 9 heterocycles. The first-order valence-corrected chi connectivity index (χ1v) is 20.5. The Kier molecular flexibility index (Phi) is 7.60. The standard InChI is InChI=1S/C51H30N12/c1-10-31-13-4-22-52-43(31)40(19-1)61-46(58-37-16-7-25-55-49(37)61)34-28-35(47-59-38-17-8-26-56-50(38)62(47)41-20-2-11-32-14-5-23-53-44(32)41)30-36(29-34)48-60-39-18-9-27-57-51(39)63(48)42-21-3-12-33-15-6-24-54-45(33)42/h1-30H/p+1. The topological polar surface area (TPSA) is 133 Å². The van der Waals surface area contributed by atoms with E-state index in [4.69, 9.17) is 39.9 Å². The molecule has 0 spiro atoms. The Balaban J connectivity index is 1.16. The summed E-state index contributed by atoms with van der Waals surface area (Å²) >= 11 is 0. The predicted molar refractivity (Wildman–Crippen MR) is 245 cm³/mol. The molecule has 1 N–H and O–H groups in total. The van der Waals surface area contributed by atoms with Crippen LogP contribution < -0.4 is 4.57 Å². The molecule has 4 aromatic carbocycles. The molecule has 0 unspecified atom stereocenters. The second-order valence-electron chi connectivity index (χ2n) is 15.3. The van der Waals surface area contributed by atoms with Gasteiger partial charge in [-0.1, -0.05) is 54.6 Å². The van der Waals surface area contributed by atoms with E-state index in [1.54, 1.807) is 12.4 Å². The Morgan fingerprint density at radius 2 is 0.873 bits per heavy atom. The van der Waals surface area contributed by atoms with Crippen LogP contribution >= 0.6 is 0 Å². The normalized spacial score (nSPS) is 11.8. The summed E-state index contributed by atoms with van der Waals surface area (Å²) in [6.07, 6.45) is 10.9. The van der Waals surface area contributed by atoms with Crippen molar-refractivity contribution in [3.05, 3.63) is 183 Å². The van der Waals surface area contributed by atoms with E-state index in [2.05, 4.69) is 97.5 Å². The summed E-state index contributed by atoms with van der Waals surface area (Å²) in [6.45, 7) is 0. The zero-order valence-corrected chi connectivity index (χ0v) is 33.2. The van der Waals surface area contributed by atoms with Crippen LogP contribution in [0.25, 0.3) is 117 Å². The first-order valence-electron chi connectivity index (χ1n) is 20.5. The van der Waals surface area contributed by atoms with Crippen LogP contribution in [-0.2, 0) is 0 Å². The van der Waals surface area contributed by atoms with E-state index in [0.717, 1.165) is 94.5 Å². The number of hydrogen-bond acceptors (Lipinski definition) is 8. The molecule has 0 amide bonds. The van der Waals surface area contributed by atoms with Crippen molar-refractivity contribution in [2.24, 2.45) is 0 Å². The van der Waals surface area contributed by atoms with Crippen LogP contribution in [0.5, 0.6) is 0 Å². The van der Waals surface area contributed by atoms with Gasteiger partial charge in [-0.2, -0.15) is 4.57 Å². The highest BCUT2D eigenvalue weighted by Gasteiger charge is 2.28. The highest BCUT2D eigenvalue weighted by Crippen LogP contribution is 2.38. The molecule has 13 rings (SSSR count). The number of H-pyrrole nitrogens is 1. The van der Waals surface area contributed by atoms with Crippen molar-refractivity contribution in [3.63, 3.8) is 0 Å². The van der Waals surface area contributed by atoms with Gasteiger partial charge in [-0.05, 0) is 91.0 Å². The molecular formula is C51H31N12+. The summed E-state index contributed by atoms with van der Waals surface area (Å²) in [5.74, 6) is 2.17. The summed E-state index contributed by atoms with van der Waals surface area (Å²) in [5, 5.41) is 3.03. The number of nitrogens with one attached hydrogen (secondary N) is 1. The van der Waals surface area contributed by atoms with Gasteiger partial charge in [0.2, 0.25) is 5.82 Å². The lowest BCUT2D eigenvalue weighted by Crippen LogP contribution is -2.33. The fraction of sp³-hybridized carbons (Fsp3) is 0. The molecule has 0 saturated carbocycles. The van der Waals surface area contributed by atoms with Crippen molar-refractivity contribution in [2.75, 3.05) is 0 Å². The number of hydrogen-bond donors (Lipinski definition) is 1. The Bertz CT molecular complexity index is 3520. The van der Waals surface area contributed by atoms with Gasteiger partial charge in [-0.3, -0.25) is 29.1 Å². The minimum atomic E-state index is 0.685. The maximum atomic E-state index is 5.35. The van der Waals surface area contributed by atoms with E-state index in [-0.39, 0.29) is 0 Å². The summed E-state index contributed by atoms with van der Waals surface area (Å²) in [6, 6.07) is 49.0. The first-order chi connectivity index (χ1) is 31.2. The molecule has 0 atom stereocenters. The van der Waals surface area contributed by atoms with Crippen LogP contribution in [-0.4, -0.2) is 54.0 Å².